The van der Waals surface area contributed by atoms with Crippen molar-refractivity contribution >= 4 is 0 Å². The molecule has 0 spiro atoms. The van der Waals surface area contributed by atoms with Crippen LogP contribution in [0.5, 0.6) is 0 Å². The van der Waals surface area contributed by atoms with Crippen LogP contribution in [-0.2, 0) is 0 Å². The minimum Gasteiger partial charge on any atom is -0.229 e. The third-order valence-electron chi connectivity index (χ3n) is 4.44. The normalized spacial score (nSPS) is 21.0. The molecule has 1 aromatic heterocycles. The molecular weight excluding hydrogens is 268 g/mol. The van der Waals surface area contributed by atoms with E-state index in [0.717, 1.165) is 17.0 Å². The van der Waals surface area contributed by atoms with Crippen LogP contribution in [0.4, 0.5) is 0 Å². The van der Waals surface area contributed by atoms with Gasteiger partial charge in [-0.05, 0) is 50.0 Å². The molecule has 0 aliphatic heterocycles. The van der Waals surface area contributed by atoms with Gasteiger partial charge in [-0.3, -0.25) is 0 Å². The Morgan fingerprint density at radius 2 is 1.55 bits per heavy atom. The second-order valence-electron chi connectivity index (χ2n) is 6.39. The monoisotopic (exact) mass is 290 g/mol. The van der Waals surface area contributed by atoms with Crippen LogP contribution in [0.15, 0.2) is 36.7 Å². The summed E-state index contributed by atoms with van der Waals surface area (Å²) in [7, 11) is 0. The molecule has 3 rings (SSSR count). The van der Waals surface area contributed by atoms with Gasteiger partial charge in [-0.15, -0.1) is 0 Å². The van der Waals surface area contributed by atoms with E-state index in [0.29, 0.717) is 11.7 Å². The number of aromatic nitrogens is 2. The van der Waals surface area contributed by atoms with E-state index in [4.69, 9.17) is 0 Å². The number of hydrogen-bond acceptors (Lipinski definition) is 2. The lowest BCUT2D eigenvalue weighted by Gasteiger charge is -2.21. The van der Waals surface area contributed by atoms with E-state index < -0.39 is 0 Å². The summed E-state index contributed by atoms with van der Waals surface area (Å²) in [6.45, 7) is 4.42. The fourth-order valence-electron chi connectivity index (χ4n) is 2.86. The van der Waals surface area contributed by atoms with E-state index in [9.17, 15) is 0 Å². The quantitative estimate of drug-likeness (QED) is 0.716. The molecule has 1 heterocycles. The van der Waals surface area contributed by atoms with E-state index in [-0.39, 0.29) is 0 Å². The van der Waals surface area contributed by atoms with Crippen LogP contribution in [0, 0.1) is 30.6 Å². The second kappa shape index (κ2) is 6.75. The number of nitrogens with zero attached hydrogens (tertiary/aromatic N) is 2. The molecule has 1 saturated carbocycles. The fourth-order valence-corrected chi connectivity index (χ4v) is 2.86. The molecule has 0 saturated heterocycles. The van der Waals surface area contributed by atoms with Crippen molar-refractivity contribution in [2.45, 2.75) is 39.5 Å². The summed E-state index contributed by atoms with van der Waals surface area (Å²) in [6, 6.07) is 8.41. The zero-order chi connectivity index (χ0) is 15.4. The Morgan fingerprint density at radius 3 is 2.18 bits per heavy atom. The van der Waals surface area contributed by atoms with E-state index in [1.807, 2.05) is 12.4 Å². The van der Waals surface area contributed by atoms with Gasteiger partial charge in [0.15, 0.2) is 0 Å². The molecule has 112 valence electrons. The highest BCUT2D eigenvalue weighted by molar-refractivity contribution is 5.61. The predicted molar refractivity (Wildman–Crippen MR) is 90.2 cm³/mol. The summed E-state index contributed by atoms with van der Waals surface area (Å²) >= 11 is 0. The lowest BCUT2D eigenvalue weighted by atomic mass is 9.83. The molecule has 2 heteroatoms. The van der Waals surface area contributed by atoms with Crippen molar-refractivity contribution in [3.8, 4) is 23.0 Å². The third-order valence-corrected chi connectivity index (χ3v) is 4.44. The molecule has 1 aliphatic rings. The molecule has 1 aliphatic carbocycles. The Labute approximate surface area is 133 Å². The molecule has 2 nitrogen and oxygen atoms in total. The lowest BCUT2D eigenvalue weighted by molar-refractivity contribution is 0.337. The number of rotatable bonds is 1. The zero-order valence-corrected chi connectivity index (χ0v) is 13.3. The smallest absolute Gasteiger partial charge is 0.204 e. The fraction of sp³-hybridized carbons (Fsp3) is 0.400. The molecule has 22 heavy (non-hydrogen) atoms. The number of aryl methyl sites for hydroxylation is 1. The Balaban J connectivity index is 1.68. The largest absolute Gasteiger partial charge is 0.229 e. The Kier molecular flexibility index (Phi) is 4.53. The first kappa shape index (κ1) is 14.8. The molecule has 0 bridgehead atoms. The molecule has 2 aromatic rings. The summed E-state index contributed by atoms with van der Waals surface area (Å²) in [5.41, 5.74) is 3.44. The van der Waals surface area contributed by atoms with Crippen molar-refractivity contribution in [2.24, 2.45) is 11.8 Å². The van der Waals surface area contributed by atoms with E-state index >= 15 is 0 Å². The topological polar surface area (TPSA) is 25.8 Å². The van der Waals surface area contributed by atoms with Crippen molar-refractivity contribution in [2.75, 3.05) is 0 Å². The first-order chi connectivity index (χ1) is 10.7. The first-order valence-corrected chi connectivity index (χ1v) is 8.11. The van der Waals surface area contributed by atoms with Crippen molar-refractivity contribution in [1.82, 2.24) is 9.97 Å². The average Bonchev–Trinajstić information content (AvgIpc) is 2.56. The van der Waals surface area contributed by atoms with Gasteiger partial charge >= 0.3 is 0 Å². The maximum absolute atomic E-state index is 4.39. The van der Waals surface area contributed by atoms with Gasteiger partial charge < -0.3 is 0 Å². The van der Waals surface area contributed by atoms with Gasteiger partial charge in [-0.1, -0.05) is 42.7 Å². The average molecular weight is 290 g/mol. The molecule has 0 unspecified atom stereocenters. The first-order valence-electron chi connectivity index (χ1n) is 8.11. The summed E-state index contributed by atoms with van der Waals surface area (Å²) in [5.74, 6) is 8.52. The summed E-state index contributed by atoms with van der Waals surface area (Å²) in [5, 5.41) is 0. The van der Waals surface area contributed by atoms with Gasteiger partial charge in [0.25, 0.3) is 0 Å². The highest BCUT2D eigenvalue weighted by Gasteiger charge is 2.15. The third kappa shape index (κ3) is 3.74. The molecule has 1 aromatic carbocycles. The highest BCUT2D eigenvalue weighted by Crippen LogP contribution is 2.27. The van der Waals surface area contributed by atoms with E-state index in [1.165, 1.54) is 31.2 Å². The molecule has 0 amide bonds. The maximum atomic E-state index is 4.39. The zero-order valence-electron chi connectivity index (χ0n) is 13.3. The van der Waals surface area contributed by atoms with Gasteiger partial charge in [-0.2, -0.15) is 0 Å². The predicted octanol–water partition coefficient (Wildman–Crippen LogP) is 4.63. The van der Waals surface area contributed by atoms with E-state index in [1.54, 1.807) is 0 Å². The molecule has 0 N–H and O–H groups in total. The Hall–Kier alpha value is -2.14. The van der Waals surface area contributed by atoms with Crippen LogP contribution >= 0.6 is 0 Å². The molecular formula is C20H22N2. The number of hydrogen-bond donors (Lipinski definition) is 0. The minimum atomic E-state index is 0.525. The van der Waals surface area contributed by atoms with Crippen molar-refractivity contribution in [1.29, 1.82) is 0 Å². The van der Waals surface area contributed by atoms with Crippen molar-refractivity contribution < 1.29 is 0 Å². The molecule has 0 atom stereocenters. The van der Waals surface area contributed by atoms with Gasteiger partial charge in [-0.25, -0.2) is 9.97 Å². The van der Waals surface area contributed by atoms with Crippen molar-refractivity contribution in [3.63, 3.8) is 0 Å². The maximum Gasteiger partial charge on any atom is 0.204 e. The standard InChI is InChI=1S/C20H22N2/c1-15-3-7-17(8-4-15)9-12-20-21-13-19(14-22-20)18-10-5-16(2)6-11-18/h5-6,10-11,13-15,17H,3-4,7-8H2,1-2H3. The Morgan fingerprint density at radius 1 is 0.909 bits per heavy atom. The lowest BCUT2D eigenvalue weighted by Crippen LogP contribution is -2.10. The van der Waals surface area contributed by atoms with Crippen LogP contribution < -0.4 is 0 Å². The van der Waals surface area contributed by atoms with Gasteiger partial charge in [0.05, 0.1) is 0 Å². The highest BCUT2D eigenvalue weighted by atomic mass is 14.8. The Bertz CT molecular complexity index is 666. The second-order valence-corrected chi connectivity index (χ2v) is 6.39. The minimum absolute atomic E-state index is 0.525. The van der Waals surface area contributed by atoms with Crippen LogP contribution in [0.2, 0.25) is 0 Å². The van der Waals surface area contributed by atoms with Gasteiger partial charge in [0.2, 0.25) is 5.82 Å². The summed E-state index contributed by atoms with van der Waals surface area (Å²) < 4.78 is 0. The van der Waals surface area contributed by atoms with Crippen LogP contribution in [-0.4, -0.2) is 9.97 Å². The van der Waals surface area contributed by atoms with Crippen LogP contribution in [0.1, 0.15) is 44.0 Å². The van der Waals surface area contributed by atoms with Crippen LogP contribution in [0.25, 0.3) is 11.1 Å². The van der Waals surface area contributed by atoms with Gasteiger partial charge in [0, 0.05) is 23.9 Å². The summed E-state index contributed by atoms with van der Waals surface area (Å²) in [6.07, 6.45) is 8.76. The van der Waals surface area contributed by atoms with Crippen molar-refractivity contribution in [3.05, 3.63) is 48.0 Å². The molecule has 1 fully saturated rings. The summed E-state index contributed by atoms with van der Waals surface area (Å²) in [4.78, 5) is 8.78. The van der Waals surface area contributed by atoms with E-state index in [2.05, 4.69) is 59.9 Å². The van der Waals surface area contributed by atoms with Crippen LogP contribution in [0.3, 0.4) is 0 Å². The van der Waals surface area contributed by atoms with Gasteiger partial charge in [0.1, 0.15) is 0 Å². The molecule has 0 radical (unpaired) electrons. The SMILES string of the molecule is Cc1ccc(-c2cnc(C#CC3CCC(C)CC3)nc2)cc1. The number of benzene rings is 1.